The predicted molar refractivity (Wildman–Crippen MR) is 93.0 cm³/mol. The largest absolute Gasteiger partial charge is 0.360 e. The number of unbranched alkanes of at least 4 members (excludes halogenated alkanes) is 1. The summed E-state index contributed by atoms with van der Waals surface area (Å²) in [5.41, 5.74) is 1.78. The lowest BCUT2D eigenvalue weighted by Gasteiger charge is -2.10. The third kappa shape index (κ3) is 3.56. The van der Waals surface area contributed by atoms with Gasteiger partial charge in [-0.3, -0.25) is 4.79 Å². The summed E-state index contributed by atoms with van der Waals surface area (Å²) >= 11 is 0. The Morgan fingerprint density at radius 1 is 1.33 bits per heavy atom. The number of fused-ring (bicyclic) bond motifs is 1. The van der Waals surface area contributed by atoms with Crippen LogP contribution in [0.15, 0.2) is 34.9 Å². The van der Waals surface area contributed by atoms with E-state index in [1.807, 2.05) is 28.8 Å². The molecule has 2 aromatic heterocycles. The minimum atomic E-state index is -0.176. The fourth-order valence-electron chi connectivity index (χ4n) is 2.50. The van der Waals surface area contributed by atoms with E-state index >= 15 is 0 Å². The molecule has 2 heterocycles. The quantitative estimate of drug-likeness (QED) is 0.651. The number of anilines is 2. The van der Waals surface area contributed by atoms with Gasteiger partial charge in [-0.1, -0.05) is 30.6 Å². The Hall–Kier alpha value is -2.83. The second-order valence-electron chi connectivity index (χ2n) is 5.66. The Morgan fingerprint density at radius 2 is 2.17 bits per heavy atom. The molecule has 24 heavy (non-hydrogen) atoms. The van der Waals surface area contributed by atoms with Gasteiger partial charge in [0, 0.05) is 12.6 Å². The lowest BCUT2D eigenvalue weighted by molar-refractivity contribution is -0.116. The number of imidazole rings is 1. The molecule has 0 aliphatic heterocycles. The van der Waals surface area contributed by atoms with Crippen LogP contribution >= 0.6 is 0 Å². The number of benzene rings is 1. The van der Waals surface area contributed by atoms with E-state index < -0.39 is 0 Å². The molecule has 3 aromatic rings. The summed E-state index contributed by atoms with van der Waals surface area (Å²) in [6.07, 6.45) is 2.15. The van der Waals surface area contributed by atoms with Gasteiger partial charge in [0.05, 0.1) is 11.0 Å². The maximum atomic E-state index is 12.3. The first-order chi connectivity index (χ1) is 11.7. The van der Waals surface area contributed by atoms with Crippen LogP contribution in [0.4, 0.5) is 11.8 Å². The van der Waals surface area contributed by atoms with Crippen molar-refractivity contribution in [1.29, 1.82) is 0 Å². The van der Waals surface area contributed by atoms with Crippen LogP contribution in [0.1, 0.15) is 25.5 Å². The van der Waals surface area contributed by atoms with Gasteiger partial charge in [0.1, 0.15) is 12.3 Å². The second kappa shape index (κ2) is 7.16. The van der Waals surface area contributed by atoms with E-state index in [0.717, 1.165) is 30.4 Å². The van der Waals surface area contributed by atoms with Crippen LogP contribution in [0.2, 0.25) is 0 Å². The number of nitrogens with one attached hydrogen (secondary N) is 2. The molecule has 3 rings (SSSR count). The van der Waals surface area contributed by atoms with Crippen molar-refractivity contribution in [2.45, 2.75) is 33.2 Å². The Bertz CT molecular complexity index is 836. The zero-order valence-electron chi connectivity index (χ0n) is 13.9. The predicted octanol–water partition coefficient (Wildman–Crippen LogP) is 3.18. The fraction of sp³-hybridized carbons (Fsp3) is 0.353. The Kier molecular flexibility index (Phi) is 4.79. The van der Waals surface area contributed by atoms with Gasteiger partial charge in [0.2, 0.25) is 11.9 Å². The number of nitrogens with zero attached hydrogens (tertiary/aromatic N) is 3. The number of rotatable bonds is 7. The molecular formula is C17H21N5O2. The standard InChI is InChI=1S/C17H21N5O2/c1-3-4-9-18-17-19-13-7-5-6-8-14(13)22(17)11-16(23)20-15-10-12(2)24-21-15/h5-8,10H,3-4,9,11H2,1-2H3,(H,18,19)(H,20,21,23). The fourth-order valence-corrected chi connectivity index (χ4v) is 2.50. The van der Waals surface area contributed by atoms with Crippen LogP contribution < -0.4 is 10.6 Å². The lowest BCUT2D eigenvalue weighted by Crippen LogP contribution is -2.20. The third-order valence-electron chi connectivity index (χ3n) is 3.67. The average Bonchev–Trinajstić information content (AvgIpc) is 3.12. The van der Waals surface area contributed by atoms with E-state index in [1.165, 1.54) is 0 Å². The highest BCUT2D eigenvalue weighted by Gasteiger charge is 2.14. The highest BCUT2D eigenvalue weighted by molar-refractivity contribution is 5.91. The minimum absolute atomic E-state index is 0.154. The van der Waals surface area contributed by atoms with Crippen molar-refractivity contribution in [1.82, 2.24) is 14.7 Å². The number of carbonyl (C=O) groups excluding carboxylic acids is 1. The van der Waals surface area contributed by atoms with Crippen LogP contribution in [0.3, 0.4) is 0 Å². The number of aryl methyl sites for hydroxylation is 1. The number of hydrogen-bond donors (Lipinski definition) is 2. The molecule has 7 heteroatoms. The summed E-state index contributed by atoms with van der Waals surface area (Å²) in [5, 5.41) is 9.84. The monoisotopic (exact) mass is 327 g/mol. The first kappa shape index (κ1) is 16.0. The van der Waals surface area contributed by atoms with Gasteiger partial charge < -0.3 is 19.7 Å². The topological polar surface area (TPSA) is 85.0 Å². The van der Waals surface area contributed by atoms with Crippen molar-refractivity contribution in [2.75, 3.05) is 17.2 Å². The molecule has 0 saturated carbocycles. The molecule has 0 fully saturated rings. The molecule has 126 valence electrons. The molecule has 0 saturated heterocycles. The van der Waals surface area contributed by atoms with Gasteiger partial charge in [-0.2, -0.15) is 0 Å². The van der Waals surface area contributed by atoms with Crippen LogP contribution in [0, 0.1) is 6.92 Å². The zero-order chi connectivity index (χ0) is 16.9. The van der Waals surface area contributed by atoms with E-state index in [9.17, 15) is 4.79 Å². The molecule has 0 aliphatic rings. The molecular weight excluding hydrogens is 306 g/mol. The van der Waals surface area contributed by atoms with Gasteiger partial charge in [-0.15, -0.1) is 0 Å². The van der Waals surface area contributed by atoms with E-state index in [0.29, 0.717) is 17.5 Å². The highest BCUT2D eigenvalue weighted by Crippen LogP contribution is 2.20. The number of aromatic nitrogens is 3. The van der Waals surface area contributed by atoms with E-state index in [1.54, 1.807) is 13.0 Å². The summed E-state index contributed by atoms with van der Waals surface area (Å²) in [6.45, 7) is 4.89. The minimum Gasteiger partial charge on any atom is -0.360 e. The van der Waals surface area contributed by atoms with Gasteiger partial charge in [-0.05, 0) is 25.5 Å². The van der Waals surface area contributed by atoms with E-state index in [-0.39, 0.29) is 12.5 Å². The molecule has 0 radical (unpaired) electrons. The van der Waals surface area contributed by atoms with Crippen LogP contribution in [0.25, 0.3) is 11.0 Å². The van der Waals surface area contributed by atoms with Crippen molar-refractivity contribution < 1.29 is 9.32 Å². The normalized spacial score (nSPS) is 10.9. The smallest absolute Gasteiger partial charge is 0.245 e. The molecule has 0 bridgehead atoms. The summed E-state index contributed by atoms with van der Waals surface area (Å²) < 4.78 is 6.85. The second-order valence-corrected chi connectivity index (χ2v) is 5.66. The average molecular weight is 327 g/mol. The van der Waals surface area contributed by atoms with Crippen LogP contribution in [-0.2, 0) is 11.3 Å². The lowest BCUT2D eigenvalue weighted by atomic mass is 10.3. The Labute approximate surface area is 140 Å². The summed E-state index contributed by atoms with van der Waals surface area (Å²) in [7, 11) is 0. The first-order valence-electron chi connectivity index (χ1n) is 8.09. The molecule has 0 spiro atoms. The molecule has 1 amide bonds. The van der Waals surface area contributed by atoms with Crippen LogP contribution in [-0.4, -0.2) is 27.2 Å². The van der Waals surface area contributed by atoms with Crippen molar-refractivity contribution in [3.63, 3.8) is 0 Å². The maximum Gasteiger partial charge on any atom is 0.245 e. The van der Waals surface area contributed by atoms with E-state index in [2.05, 4.69) is 27.7 Å². The molecule has 1 aromatic carbocycles. The highest BCUT2D eigenvalue weighted by atomic mass is 16.5. The third-order valence-corrected chi connectivity index (χ3v) is 3.67. The molecule has 2 N–H and O–H groups in total. The number of hydrogen-bond acceptors (Lipinski definition) is 5. The zero-order valence-corrected chi connectivity index (χ0v) is 13.9. The summed E-state index contributed by atoms with van der Waals surface area (Å²) in [4.78, 5) is 16.9. The number of amides is 1. The van der Waals surface area contributed by atoms with Crippen molar-refractivity contribution in [3.05, 3.63) is 36.1 Å². The number of para-hydroxylation sites is 2. The SMILES string of the molecule is CCCCNc1nc2ccccc2n1CC(=O)Nc1cc(C)on1. The molecule has 7 nitrogen and oxygen atoms in total. The summed E-state index contributed by atoms with van der Waals surface area (Å²) in [6, 6.07) is 9.46. The Morgan fingerprint density at radius 3 is 2.92 bits per heavy atom. The molecule has 0 atom stereocenters. The summed E-state index contributed by atoms with van der Waals surface area (Å²) in [5.74, 6) is 1.60. The Balaban J connectivity index is 1.80. The van der Waals surface area contributed by atoms with Gasteiger partial charge >= 0.3 is 0 Å². The number of carbonyl (C=O) groups is 1. The molecule has 0 unspecified atom stereocenters. The van der Waals surface area contributed by atoms with Crippen molar-refractivity contribution >= 4 is 28.7 Å². The maximum absolute atomic E-state index is 12.3. The van der Waals surface area contributed by atoms with Gasteiger partial charge in [-0.25, -0.2) is 4.98 Å². The van der Waals surface area contributed by atoms with E-state index in [4.69, 9.17) is 4.52 Å². The van der Waals surface area contributed by atoms with Gasteiger partial charge in [0.25, 0.3) is 0 Å². The first-order valence-corrected chi connectivity index (χ1v) is 8.09. The van der Waals surface area contributed by atoms with Crippen LogP contribution in [0.5, 0.6) is 0 Å². The molecule has 0 aliphatic carbocycles. The van der Waals surface area contributed by atoms with Crippen molar-refractivity contribution in [2.24, 2.45) is 0 Å². The van der Waals surface area contributed by atoms with Crippen molar-refractivity contribution in [3.8, 4) is 0 Å². The van der Waals surface area contributed by atoms with Gasteiger partial charge in [0.15, 0.2) is 5.82 Å².